The molecule has 0 radical (unpaired) electrons. The highest BCUT2D eigenvalue weighted by molar-refractivity contribution is 8.00. The lowest BCUT2D eigenvalue weighted by Gasteiger charge is -2.28. The topological polar surface area (TPSA) is 125 Å². The number of halogens is 4. The number of nitrogens with zero attached hydrogens (tertiary/aromatic N) is 1. The molecule has 3 rings (SSSR count). The SMILES string of the molecule is CC(C)(C)[C@H](Nc1ccc(CNC(=O)C2SCCN2C(=O)C[C@H](N)Cc2cc(F)c(F)cc2F)cc1)C(=O)O.Cl. The summed E-state index contributed by atoms with van der Waals surface area (Å²) in [5.74, 6) is -4.59. The number of benzene rings is 2. The Hall–Kier alpha value is -2.96. The van der Waals surface area contributed by atoms with Crippen LogP contribution in [0, 0.1) is 22.9 Å². The maximum Gasteiger partial charge on any atom is 0.326 e. The van der Waals surface area contributed by atoms with Crippen LogP contribution in [0.2, 0.25) is 0 Å². The maximum atomic E-state index is 13.9. The second-order valence-electron chi connectivity index (χ2n) is 10.5. The molecule has 0 spiro atoms. The average Bonchev–Trinajstić information content (AvgIpc) is 3.34. The summed E-state index contributed by atoms with van der Waals surface area (Å²) in [5.41, 5.74) is 6.79. The highest BCUT2D eigenvalue weighted by Crippen LogP contribution is 2.26. The van der Waals surface area contributed by atoms with Crippen molar-refractivity contribution in [3.8, 4) is 0 Å². The van der Waals surface area contributed by atoms with Crippen LogP contribution in [0.15, 0.2) is 36.4 Å². The van der Waals surface area contributed by atoms with Gasteiger partial charge in [0.05, 0.1) is 0 Å². The monoisotopic (exact) mass is 602 g/mol. The van der Waals surface area contributed by atoms with Crippen molar-refractivity contribution in [3.05, 3.63) is 65.0 Å². The van der Waals surface area contributed by atoms with Crippen LogP contribution in [0.1, 0.15) is 38.3 Å². The van der Waals surface area contributed by atoms with E-state index in [1.807, 2.05) is 20.8 Å². The number of carboxylic acids is 1. The Morgan fingerprint density at radius 1 is 1.10 bits per heavy atom. The largest absolute Gasteiger partial charge is 0.480 e. The molecule has 0 aromatic heterocycles. The third-order valence-electron chi connectivity index (χ3n) is 6.29. The van der Waals surface area contributed by atoms with Crippen molar-refractivity contribution >= 4 is 47.6 Å². The Morgan fingerprint density at radius 3 is 2.33 bits per heavy atom. The number of nitrogens with two attached hydrogens (primary N) is 1. The van der Waals surface area contributed by atoms with Gasteiger partial charge in [0.1, 0.15) is 11.9 Å². The van der Waals surface area contributed by atoms with Gasteiger partial charge < -0.3 is 26.4 Å². The van der Waals surface area contributed by atoms with Gasteiger partial charge in [0.15, 0.2) is 17.0 Å². The van der Waals surface area contributed by atoms with Gasteiger partial charge >= 0.3 is 5.97 Å². The van der Waals surface area contributed by atoms with E-state index in [9.17, 15) is 32.7 Å². The van der Waals surface area contributed by atoms with Crippen LogP contribution < -0.4 is 16.4 Å². The van der Waals surface area contributed by atoms with E-state index < -0.39 is 52.2 Å². The van der Waals surface area contributed by atoms with E-state index in [2.05, 4.69) is 10.6 Å². The normalized spacial score (nSPS) is 16.6. The van der Waals surface area contributed by atoms with E-state index in [0.717, 1.165) is 11.6 Å². The van der Waals surface area contributed by atoms with Crippen LogP contribution in [0.5, 0.6) is 0 Å². The van der Waals surface area contributed by atoms with Gasteiger partial charge in [-0.3, -0.25) is 9.59 Å². The van der Waals surface area contributed by atoms with Gasteiger partial charge in [0.2, 0.25) is 5.91 Å². The summed E-state index contributed by atoms with van der Waals surface area (Å²) in [4.78, 5) is 38.7. The Balaban J connectivity index is 0.00000560. The van der Waals surface area contributed by atoms with E-state index in [1.54, 1.807) is 24.3 Å². The molecule has 40 heavy (non-hydrogen) atoms. The number of hydrogen-bond donors (Lipinski definition) is 4. The number of aliphatic carboxylic acids is 1. The molecule has 0 saturated carbocycles. The van der Waals surface area contributed by atoms with Gasteiger partial charge in [-0.05, 0) is 41.2 Å². The first-order valence-corrected chi connectivity index (χ1v) is 13.5. The highest BCUT2D eigenvalue weighted by Gasteiger charge is 2.35. The summed E-state index contributed by atoms with van der Waals surface area (Å²) in [7, 11) is 0. The Bertz CT molecular complexity index is 1210. The van der Waals surface area contributed by atoms with E-state index in [-0.39, 0.29) is 43.3 Å². The van der Waals surface area contributed by atoms with Crippen molar-refractivity contribution in [1.29, 1.82) is 0 Å². The first-order valence-electron chi connectivity index (χ1n) is 12.4. The van der Waals surface area contributed by atoms with Gasteiger partial charge in [0, 0.05) is 43.1 Å². The molecule has 2 aromatic carbocycles. The predicted octanol–water partition coefficient (Wildman–Crippen LogP) is 3.91. The summed E-state index contributed by atoms with van der Waals surface area (Å²) < 4.78 is 40.6. The van der Waals surface area contributed by atoms with E-state index >= 15 is 0 Å². The zero-order chi connectivity index (χ0) is 28.9. The average molecular weight is 603 g/mol. The first kappa shape index (κ1) is 33.2. The molecule has 1 aliphatic rings. The number of hydrogen-bond acceptors (Lipinski definition) is 6. The van der Waals surface area contributed by atoms with Crippen molar-refractivity contribution in [2.45, 2.75) is 57.6 Å². The summed E-state index contributed by atoms with van der Waals surface area (Å²) in [6.45, 7) is 6.04. The number of carbonyl (C=O) groups is 3. The van der Waals surface area contributed by atoms with Crippen LogP contribution in [-0.4, -0.2) is 57.5 Å². The van der Waals surface area contributed by atoms with Gasteiger partial charge in [0.25, 0.3) is 5.91 Å². The molecule has 2 amide bonds. The molecule has 0 bridgehead atoms. The Labute approximate surface area is 241 Å². The third-order valence-corrected chi connectivity index (χ3v) is 7.49. The summed E-state index contributed by atoms with van der Waals surface area (Å²) in [6.07, 6.45) is -0.358. The zero-order valence-corrected chi connectivity index (χ0v) is 24.0. The lowest BCUT2D eigenvalue weighted by molar-refractivity contribution is -0.140. The quantitative estimate of drug-likeness (QED) is 0.304. The number of anilines is 1. The Morgan fingerprint density at radius 2 is 1.73 bits per heavy atom. The number of nitrogens with one attached hydrogen (secondary N) is 2. The molecule has 1 saturated heterocycles. The van der Waals surface area contributed by atoms with Crippen LogP contribution >= 0.6 is 24.2 Å². The minimum atomic E-state index is -1.30. The minimum Gasteiger partial charge on any atom is -0.480 e. The second-order valence-corrected chi connectivity index (χ2v) is 11.7. The fourth-order valence-corrected chi connectivity index (χ4v) is 5.33. The van der Waals surface area contributed by atoms with Gasteiger partial charge in [-0.2, -0.15) is 0 Å². The standard InChI is InChI=1S/C27H33F3N4O4S.ClH/c1-27(2,3)23(26(37)38)33-18-6-4-15(5-7-18)14-32-24(36)25-34(8-9-39-25)22(35)12-17(31)10-16-11-20(29)21(30)13-19(16)28;/h4-7,11,13,17,23,25,33H,8-10,12,14,31H2,1-3H3,(H,32,36)(H,37,38);1H/t17-,23-,25?;/m1./s1. The molecule has 1 fully saturated rings. The lowest BCUT2D eigenvalue weighted by Crippen LogP contribution is -2.46. The van der Waals surface area contributed by atoms with Gasteiger partial charge in [-0.1, -0.05) is 32.9 Å². The highest BCUT2D eigenvalue weighted by atomic mass is 35.5. The van der Waals surface area contributed by atoms with Crippen LogP contribution in [0.4, 0.5) is 18.9 Å². The fraction of sp³-hybridized carbons (Fsp3) is 0.444. The fourth-order valence-electron chi connectivity index (χ4n) is 4.17. The molecule has 2 aromatic rings. The molecule has 1 aliphatic heterocycles. The maximum absolute atomic E-state index is 13.9. The second kappa shape index (κ2) is 14.1. The van der Waals surface area contributed by atoms with E-state index in [4.69, 9.17) is 5.73 Å². The Kier molecular flexibility index (Phi) is 11.7. The molecule has 5 N–H and O–H groups in total. The molecule has 1 unspecified atom stereocenters. The molecular weight excluding hydrogens is 569 g/mol. The molecule has 3 atom stereocenters. The molecule has 220 valence electrons. The molecule has 1 heterocycles. The van der Waals surface area contributed by atoms with Crippen LogP contribution in [0.25, 0.3) is 0 Å². The van der Waals surface area contributed by atoms with Crippen molar-refractivity contribution in [3.63, 3.8) is 0 Å². The smallest absolute Gasteiger partial charge is 0.326 e. The number of amides is 2. The number of carboxylic acid groups (broad SMARTS) is 1. The molecular formula is C27H34ClF3N4O4S. The van der Waals surface area contributed by atoms with Crippen LogP contribution in [0.3, 0.4) is 0 Å². The minimum absolute atomic E-state index is 0. The molecule has 8 nitrogen and oxygen atoms in total. The molecule has 13 heteroatoms. The number of rotatable bonds is 10. The third kappa shape index (κ3) is 8.77. The number of carbonyl (C=O) groups excluding carboxylic acids is 2. The van der Waals surface area contributed by atoms with Gasteiger partial charge in [-0.15, -0.1) is 24.2 Å². The summed E-state index contributed by atoms with van der Waals surface area (Å²) in [6, 6.07) is 6.55. The van der Waals surface area contributed by atoms with E-state index in [0.29, 0.717) is 24.1 Å². The number of thioether (sulfide) groups is 1. The first-order chi connectivity index (χ1) is 18.3. The summed E-state index contributed by atoms with van der Waals surface area (Å²) in [5, 5.41) is 14.6. The zero-order valence-electron chi connectivity index (χ0n) is 22.4. The van der Waals surface area contributed by atoms with Crippen molar-refractivity contribution < 1.29 is 32.7 Å². The van der Waals surface area contributed by atoms with Crippen molar-refractivity contribution in [2.75, 3.05) is 17.6 Å². The van der Waals surface area contributed by atoms with E-state index in [1.165, 1.54) is 16.7 Å². The van der Waals surface area contributed by atoms with Crippen molar-refractivity contribution in [1.82, 2.24) is 10.2 Å². The van der Waals surface area contributed by atoms with Crippen LogP contribution in [-0.2, 0) is 27.3 Å². The summed E-state index contributed by atoms with van der Waals surface area (Å²) >= 11 is 1.31. The van der Waals surface area contributed by atoms with Gasteiger partial charge in [-0.25, -0.2) is 18.0 Å². The van der Waals surface area contributed by atoms with Crippen molar-refractivity contribution in [2.24, 2.45) is 11.1 Å². The predicted molar refractivity (Wildman–Crippen MR) is 151 cm³/mol. The molecule has 0 aliphatic carbocycles. The lowest BCUT2D eigenvalue weighted by atomic mass is 9.86.